The molecule has 0 fully saturated rings. The number of rotatable bonds is 3. The maximum Gasteiger partial charge on any atom is 0.216 e. The van der Waals surface area contributed by atoms with Gasteiger partial charge in [-0.3, -0.25) is 0 Å². The van der Waals surface area contributed by atoms with E-state index in [-0.39, 0.29) is 28.6 Å². The molecule has 0 aliphatic heterocycles. The summed E-state index contributed by atoms with van der Waals surface area (Å²) in [5.74, 6) is -2.39. The van der Waals surface area contributed by atoms with E-state index in [4.69, 9.17) is 20.6 Å². The number of aromatic nitrogens is 1. The third-order valence-corrected chi connectivity index (χ3v) is 6.44. The maximum atomic E-state index is 9.34. The summed E-state index contributed by atoms with van der Waals surface area (Å²) in [6.45, 7) is 6.35. The van der Waals surface area contributed by atoms with Gasteiger partial charge in [0.1, 0.15) is 18.2 Å². The van der Waals surface area contributed by atoms with E-state index in [0.29, 0.717) is 28.0 Å². The first-order valence-corrected chi connectivity index (χ1v) is 11.0. The zero-order chi connectivity index (χ0) is 30.9. The lowest BCUT2D eigenvalue weighted by atomic mass is 9.90. The minimum atomic E-state index is -2.91. The van der Waals surface area contributed by atoms with Crippen LogP contribution in [0, 0.1) is 27.3 Å². The Morgan fingerprint density at radius 1 is 1.15 bits per heavy atom. The minimum Gasteiger partial charge on any atom is -0.456 e. The molecule has 5 rings (SSSR count). The van der Waals surface area contributed by atoms with Crippen molar-refractivity contribution >= 4 is 27.6 Å². The van der Waals surface area contributed by atoms with E-state index in [1.54, 1.807) is 30.7 Å². The molecule has 0 spiro atoms. The van der Waals surface area contributed by atoms with Crippen LogP contribution < -0.4 is 4.57 Å². The second kappa shape index (κ2) is 8.15. The van der Waals surface area contributed by atoms with Crippen LogP contribution in [0.3, 0.4) is 0 Å². The van der Waals surface area contributed by atoms with Gasteiger partial charge in [0.25, 0.3) is 0 Å². The van der Waals surface area contributed by atoms with Crippen LogP contribution in [0.15, 0.2) is 65.1 Å². The van der Waals surface area contributed by atoms with E-state index in [0.717, 1.165) is 28.8 Å². The molecule has 1 unspecified atom stereocenters. The van der Waals surface area contributed by atoms with Gasteiger partial charge in [0.05, 0.1) is 13.5 Å². The number of fused-ring (bicyclic) bond motifs is 3. The molecule has 2 aromatic heterocycles. The Kier molecular flexibility index (Phi) is 3.45. The lowest BCUT2D eigenvalue weighted by Gasteiger charge is -2.16. The topological polar surface area (TPSA) is 21.4 Å². The van der Waals surface area contributed by atoms with E-state index in [9.17, 15) is 1.37 Å². The molecule has 3 heteroatoms. The fourth-order valence-corrected chi connectivity index (χ4v) is 4.57. The van der Waals surface area contributed by atoms with Gasteiger partial charge in [0.15, 0.2) is 11.4 Å². The normalized spacial score (nSPS) is 17.4. The zero-order valence-electron chi connectivity index (χ0n) is 27.5. The predicted molar refractivity (Wildman–Crippen MR) is 140 cm³/mol. The van der Waals surface area contributed by atoms with Crippen LogP contribution in [0.5, 0.6) is 0 Å². The minimum absolute atomic E-state index is 0.227. The summed E-state index contributed by atoms with van der Waals surface area (Å²) in [5, 5.41) is 1.51. The highest BCUT2D eigenvalue weighted by Crippen LogP contribution is 2.44. The van der Waals surface area contributed by atoms with Crippen LogP contribution in [0.4, 0.5) is 5.69 Å². The SMILES string of the molecule is [2H]c1c(C([2H])(C)C([2H])([2H])[2H])c(C([2H])([2H])[2H])c(C)[n+](C)c1-c1c(C)cc(-c2ccccc2)c2c1oc1cc([N+]#[C-])ccc12. The highest BCUT2D eigenvalue weighted by molar-refractivity contribution is 6.17. The van der Waals surface area contributed by atoms with Gasteiger partial charge in [0.2, 0.25) is 5.69 Å². The Morgan fingerprint density at radius 3 is 2.65 bits per heavy atom. The van der Waals surface area contributed by atoms with Gasteiger partial charge in [-0.15, -0.1) is 0 Å². The van der Waals surface area contributed by atoms with Crippen molar-refractivity contribution in [2.45, 2.75) is 40.4 Å². The molecule has 3 nitrogen and oxygen atoms in total. The molecule has 0 N–H and O–H groups in total. The molecule has 0 amide bonds. The molecule has 0 radical (unpaired) electrons. The summed E-state index contributed by atoms with van der Waals surface area (Å²) in [4.78, 5) is 3.53. The number of benzene rings is 3. The van der Waals surface area contributed by atoms with Crippen molar-refractivity contribution in [2.75, 3.05) is 0 Å². The maximum absolute atomic E-state index is 9.34. The Bertz CT molecular complexity index is 1930. The Balaban J connectivity index is 2.02. The van der Waals surface area contributed by atoms with E-state index in [2.05, 4.69) is 4.85 Å². The fourth-order valence-electron chi connectivity index (χ4n) is 4.57. The zero-order valence-corrected chi connectivity index (χ0v) is 19.5. The summed E-state index contributed by atoms with van der Waals surface area (Å²) in [6, 6.07) is 16.5. The van der Waals surface area contributed by atoms with Crippen LogP contribution in [0.25, 0.3) is 49.2 Å². The van der Waals surface area contributed by atoms with Gasteiger partial charge in [0, 0.05) is 38.9 Å². The molecular formula is C31H29N2O+. The quantitative estimate of drug-likeness (QED) is 0.199. The fraction of sp³-hybridized carbons (Fsp3) is 0.226. The molecule has 0 bridgehead atoms. The molecule has 0 aliphatic carbocycles. The third kappa shape index (κ3) is 3.30. The number of aryl methyl sites for hydroxylation is 1. The van der Waals surface area contributed by atoms with Crippen molar-refractivity contribution in [3.05, 3.63) is 94.4 Å². The lowest BCUT2D eigenvalue weighted by Crippen LogP contribution is -2.36. The Morgan fingerprint density at radius 2 is 1.94 bits per heavy atom. The monoisotopic (exact) mass is 453 g/mol. The number of furan rings is 1. The molecule has 2 heterocycles. The largest absolute Gasteiger partial charge is 0.456 e. The van der Waals surface area contributed by atoms with Gasteiger partial charge in [-0.05, 0) is 54.1 Å². The predicted octanol–water partition coefficient (Wildman–Crippen LogP) is 8.34. The van der Waals surface area contributed by atoms with E-state index < -0.39 is 19.6 Å². The van der Waals surface area contributed by atoms with Crippen LogP contribution in [-0.2, 0) is 7.05 Å². The highest BCUT2D eigenvalue weighted by Gasteiger charge is 2.27. The first-order chi connectivity index (χ1) is 19.5. The summed E-state index contributed by atoms with van der Waals surface area (Å²) >= 11 is 0. The number of hydrogen-bond acceptors (Lipinski definition) is 1. The van der Waals surface area contributed by atoms with Crippen LogP contribution in [0.1, 0.15) is 53.0 Å². The van der Waals surface area contributed by atoms with Gasteiger partial charge < -0.3 is 4.42 Å². The first-order valence-electron chi connectivity index (χ1n) is 15.0. The van der Waals surface area contributed by atoms with E-state index in [1.807, 2.05) is 49.4 Å². The van der Waals surface area contributed by atoms with E-state index in [1.165, 1.54) is 0 Å². The number of pyridine rings is 1. The molecule has 0 saturated heterocycles. The molecule has 1 atom stereocenters. The van der Waals surface area contributed by atoms with Crippen molar-refractivity contribution < 1.29 is 20.0 Å². The Hall–Kier alpha value is -3.90. The Labute approximate surface area is 212 Å². The van der Waals surface area contributed by atoms with Gasteiger partial charge in [-0.25, -0.2) is 4.85 Å². The smallest absolute Gasteiger partial charge is 0.216 e. The molecule has 0 aliphatic rings. The molecule has 5 aromatic rings. The van der Waals surface area contributed by atoms with Gasteiger partial charge in [-0.1, -0.05) is 56.2 Å². The van der Waals surface area contributed by atoms with Crippen molar-refractivity contribution in [3.8, 4) is 22.4 Å². The average molecular weight is 454 g/mol. The third-order valence-electron chi connectivity index (χ3n) is 6.44. The van der Waals surface area contributed by atoms with Crippen LogP contribution >= 0.6 is 0 Å². The average Bonchev–Trinajstić information content (AvgIpc) is 3.28. The summed E-state index contributed by atoms with van der Waals surface area (Å²) < 4.78 is 75.3. The molecular weight excluding hydrogens is 416 g/mol. The second-order valence-electron chi connectivity index (χ2n) is 8.57. The summed E-state index contributed by atoms with van der Waals surface area (Å²) in [6.07, 6.45) is 0. The van der Waals surface area contributed by atoms with Crippen LogP contribution in [-0.4, -0.2) is 0 Å². The molecule has 34 heavy (non-hydrogen) atoms. The summed E-state index contributed by atoms with van der Waals surface area (Å²) in [5.41, 5.74) is 4.09. The first kappa shape index (κ1) is 14.4. The van der Waals surface area contributed by atoms with Crippen molar-refractivity contribution in [1.29, 1.82) is 0 Å². The number of hydrogen-bond donors (Lipinski definition) is 0. The van der Waals surface area contributed by atoms with Gasteiger partial charge in [-0.2, -0.15) is 4.57 Å². The lowest BCUT2D eigenvalue weighted by molar-refractivity contribution is -0.667. The molecule has 168 valence electrons. The highest BCUT2D eigenvalue weighted by atomic mass is 16.3. The number of nitrogens with zero attached hydrogens (tertiary/aromatic N) is 2. The van der Waals surface area contributed by atoms with Crippen molar-refractivity contribution in [1.82, 2.24) is 0 Å². The molecule has 0 saturated carbocycles. The van der Waals surface area contributed by atoms with Crippen LogP contribution in [0.2, 0.25) is 0 Å². The standard InChI is InChI=1S/C31H29N2O/c1-18(2)25-17-27(33(7)21(5)20(25)4)29-19(3)15-26(22-11-9-8-10-12-22)30-24-14-13-23(32-6)16-28(24)34-31(29)30/h8-18H,1-5,7H3/q+1/i1D3,4D3,17D,18D. The molecule has 3 aromatic carbocycles. The van der Waals surface area contributed by atoms with Crippen molar-refractivity contribution in [3.63, 3.8) is 0 Å². The van der Waals surface area contributed by atoms with Crippen molar-refractivity contribution in [2.24, 2.45) is 7.05 Å². The van der Waals surface area contributed by atoms with Gasteiger partial charge >= 0.3 is 0 Å². The second-order valence-corrected chi connectivity index (χ2v) is 8.57. The van der Waals surface area contributed by atoms with E-state index >= 15 is 0 Å². The summed E-state index contributed by atoms with van der Waals surface area (Å²) in [7, 11) is 1.63.